The van der Waals surface area contributed by atoms with Gasteiger partial charge in [0.05, 0.1) is 0 Å². The third-order valence-electron chi connectivity index (χ3n) is 1.31. The molecule has 6 nitrogen and oxygen atoms in total. The van der Waals surface area contributed by atoms with Gasteiger partial charge in [-0.25, -0.2) is 0 Å². The van der Waals surface area contributed by atoms with Gasteiger partial charge < -0.3 is 7.75 Å². The summed E-state index contributed by atoms with van der Waals surface area (Å²) in [4.78, 5) is 12.3. The van der Waals surface area contributed by atoms with Crippen LogP contribution in [-0.2, 0) is 15.2 Å². The minimum Gasteiger partial charge on any atom is -1.00 e. The molecule has 0 aromatic heterocycles. The first-order valence-corrected chi connectivity index (χ1v) is 4.64. The van der Waals surface area contributed by atoms with Gasteiger partial charge in [0.2, 0.25) is 5.91 Å². The molecule has 76 valence electrons. The Morgan fingerprint density at radius 1 is 1.46 bits per heavy atom. The van der Waals surface area contributed by atoms with Crippen LogP contribution < -0.4 is 0 Å². The van der Waals surface area contributed by atoms with E-state index in [0.29, 0.717) is 5.91 Å². The van der Waals surface area contributed by atoms with Gasteiger partial charge in [0.1, 0.15) is 0 Å². The van der Waals surface area contributed by atoms with Crippen molar-refractivity contribution in [1.82, 2.24) is 4.90 Å². The van der Waals surface area contributed by atoms with Crippen molar-refractivity contribution in [1.29, 1.82) is 0 Å². The summed E-state index contributed by atoms with van der Waals surface area (Å²) in [7, 11) is -2.82. The standard InChI is InChI=1S/C5H9NO.Mg.H2O4S.2H/c1-6-4-2-3-5(6)7;;1-5(2,3)4;;/h2-4H2,1H3;;(H2,1,2,3,4);;/q;+2;;2*-1. The van der Waals surface area contributed by atoms with E-state index in [1.165, 1.54) is 0 Å². The Morgan fingerprint density at radius 2 is 1.85 bits per heavy atom. The molecule has 8 heteroatoms. The number of carbonyl (C=O) groups is 1. The van der Waals surface area contributed by atoms with Gasteiger partial charge in [0, 0.05) is 20.0 Å². The van der Waals surface area contributed by atoms with Crippen molar-refractivity contribution in [2.24, 2.45) is 0 Å². The first kappa shape index (κ1) is 15.6. The van der Waals surface area contributed by atoms with Crippen LogP contribution in [0.4, 0.5) is 0 Å². The van der Waals surface area contributed by atoms with Crippen LogP contribution in [0.25, 0.3) is 0 Å². The Balaban J connectivity index is -0.0000000701. The molecule has 0 bridgehead atoms. The molecule has 0 aliphatic carbocycles. The maximum Gasteiger partial charge on any atom is 2.00 e. The molecular weight excluding hydrogens is 210 g/mol. The van der Waals surface area contributed by atoms with Crippen molar-refractivity contribution < 1.29 is 25.2 Å². The summed E-state index contributed by atoms with van der Waals surface area (Å²) < 4.78 is 31.6. The van der Waals surface area contributed by atoms with Gasteiger partial charge in [0.25, 0.3) is 0 Å². The van der Waals surface area contributed by atoms with Crippen LogP contribution in [0.3, 0.4) is 0 Å². The molecule has 0 spiro atoms. The van der Waals surface area contributed by atoms with E-state index in [2.05, 4.69) is 0 Å². The number of rotatable bonds is 0. The molecule has 1 saturated heterocycles. The predicted octanol–water partition coefficient (Wildman–Crippen LogP) is -0.570. The monoisotopic (exact) mass is 223 g/mol. The SMILES string of the molecule is CN1CCCC1=O.O=S(=O)(O)O.[H-].[H-].[Mg+2]. The summed E-state index contributed by atoms with van der Waals surface area (Å²) in [6.07, 6.45) is 1.81. The Morgan fingerprint density at radius 3 is 1.92 bits per heavy atom. The average Bonchev–Trinajstić information content (AvgIpc) is 2.12. The molecule has 0 radical (unpaired) electrons. The van der Waals surface area contributed by atoms with Gasteiger partial charge in [-0.2, -0.15) is 8.42 Å². The summed E-state index contributed by atoms with van der Waals surface area (Å²) in [6.45, 7) is 0.957. The maximum atomic E-state index is 10.5. The fourth-order valence-electron chi connectivity index (χ4n) is 0.783. The molecule has 1 aliphatic heterocycles. The molecule has 0 aromatic carbocycles. The number of amides is 1. The van der Waals surface area contributed by atoms with Crippen molar-refractivity contribution >= 4 is 39.4 Å². The molecule has 1 amide bonds. The third kappa shape index (κ3) is 12.1. The molecule has 0 atom stereocenters. The van der Waals surface area contributed by atoms with Crippen molar-refractivity contribution in [3.8, 4) is 0 Å². The smallest absolute Gasteiger partial charge is 1.00 e. The molecule has 0 saturated carbocycles. The normalized spacial score (nSPS) is 15.9. The van der Waals surface area contributed by atoms with Gasteiger partial charge in [0.15, 0.2) is 0 Å². The van der Waals surface area contributed by atoms with E-state index in [1.807, 2.05) is 7.05 Å². The van der Waals surface area contributed by atoms with E-state index in [-0.39, 0.29) is 25.9 Å². The fourth-order valence-corrected chi connectivity index (χ4v) is 0.783. The first-order chi connectivity index (χ1) is 5.30. The zero-order chi connectivity index (χ0) is 9.78. The van der Waals surface area contributed by atoms with E-state index in [1.54, 1.807) is 4.90 Å². The number of nitrogens with zero attached hydrogens (tertiary/aromatic N) is 1. The van der Waals surface area contributed by atoms with Crippen LogP contribution in [-0.4, -0.2) is 65.0 Å². The molecule has 0 unspecified atom stereocenters. The summed E-state index contributed by atoms with van der Waals surface area (Å²) in [5.74, 6) is 0.292. The quantitative estimate of drug-likeness (QED) is 0.424. The van der Waals surface area contributed by atoms with Crippen LogP contribution in [0, 0.1) is 0 Å². The Bertz CT molecular complexity index is 252. The van der Waals surface area contributed by atoms with Crippen LogP contribution >= 0.6 is 0 Å². The van der Waals surface area contributed by atoms with E-state index < -0.39 is 10.4 Å². The van der Waals surface area contributed by atoms with Crippen LogP contribution in [0.1, 0.15) is 15.7 Å². The molecule has 1 aliphatic rings. The van der Waals surface area contributed by atoms with Gasteiger partial charge >= 0.3 is 33.5 Å². The van der Waals surface area contributed by atoms with Gasteiger partial charge in [-0.05, 0) is 6.42 Å². The molecule has 0 aromatic rings. The second-order valence-corrected chi connectivity index (χ2v) is 3.26. The largest absolute Gasteiger partial charge is 2.00 e. The Kier molecular flexibility index (Phi) is 7.84. The summed E-state index contributed by atoms with van der Waals surface area (Å²) >= 11 is 0. The van der Waals surface area contributed by atoms with E-state index >= 15 is 0 Å². The van der Waals surface area contributed by atoms with Crippen LogP contribution in [0.5, 0.6) is 0 Å². The first-order valence-electron chi connectivity index (χ1n) is 3.24. The molecule has 1 fully saturated rings. The molecule has 13 heavy (non-hydrogen) atoms. The molecule has 2 N–H and O–H groups in total. The van der Waals surface area contributed by atoms with E-state index in [9.17, 15) is 4.79 Å². The van der Waals surface area contributed by atoms with Crippen molar-refractivity contribution in [3.63, 3.8) is 0 Å². The minimum atomic E-state index is -4.67. The fraction of sp³-hybridized carbons (Fsp3) is 0.800. The Hall–Kier alpha value is 0.106. The van der Waals surface area contributed by atoms with E-state index in [0.717, 1.165) is 19.4 Å². The Labute approximate surface area is 96.0 Å². The zero-order valence-electron chi connectivity index (χ0n) is 9.30. The zero-order valence-corrected chi connectivity index (χ0v) is 9.53. The second-order valence-electron chi connectivity index (χ2n) is 2.37. The summed E-state index contributed by atoms with van der Waals surface area (Å²) in [5.41, 5.74) is 0. The number of likely N-dealkylation sites (tertiary alicyclic amines) is 1. The van der Waals surface area contributed by atoms with Crippen LogP contribution in [0.2, 0.25) is 0 Å². The van der Waals surface area contributed by atoms with Crippen molar-refractivity contribution in [2.75, 3.05) is 13.6 Å². The summed E-state index contributed by atoms with van der Waals surface area (Å²) in [5, 5.41) is 0. The van der Waals surface area contributed by atoms with E-state index in [4.69, 9.17) is 17.5 Å². The maximum absolute atomic E-state index is 10.5. The van der Waals surface area contributed by atoms with Crippen LogP contribution in [0.15, 0.2) is 0 Å². The number of hydrogen-bond donors (Lipinski definition) is 2. The molecule has 1 rings (SSSR count). The predicted molar refractivity (Wildman–Crippen MR) is 49.0 cm³/mol. The molecule has 1 heterocycles. The topological polar surface area (TPSA) is 94.9 Å². The third-order valence-corrected chi connectivity index (χ3v) is 1.31. The minimum absolute atomic E-state index is 0. The van der Waals surface area contributed by atoms with Gasteiger partial charge in [-0.1, -0.05) is 0 Å². The molecular formula is C5H13MgNO5S. The number of carbonyl (C=O) groups excluding carboxylic acids is 1. The van der Waals surface area contributed by atoms with Crippen molar-refractivity contribution in [3.05, 3.63) is 0 Å². The summed E-state index contributed by atoms with van der Waals surface area (Å²) in [6, 6.07) is 0. The second kappa shape index (κ2) is 6.54. The van der Waals surface area contributed by atoms with Crippen molar-refractivity contribution in [2.45, 2.75) is 12.8 Å². The van der Waals surface area contributed by atoms with Gasteiger partial charge in [-0.15, -0.1) is 0 Å². The number of hydrogen-bond acceptors (Lipinski definition) is 3. The van der Waals surface area contributed by atoms with Gasteiger partial charge in [-0.3, -0.25) is 13.9 Å². The average molecular weight is 224 g/mol.